The first kappa shape index (κ1) is 14.6. The van der Waals surface area contributed by atoms with E-state index in [1.165, 1.54) is 44.2 Å². The highest BCUT2D eigenvalue weighted by atomic mass is 16.6. The highest BCUT2D eigenvalue weighted by molar-refractivity contribution is 5.86. The fourth-order valence-corrected chi connectivity index (χ4v) is 6.08. The lowest BCUT2D eigenvalue weighted by Crippen LogP contribution is -2.44. The van der Waals surface area contributed by atoms with E-state index in [1.807, 2.05) is 6.08 Å². The summed E-state index contributed by atoms with van der Waals surface area (Å²) in [6.45, 7) is 8.35. The largest absolute Gasteiger partial charge is 0.449 e. The second-order valence-electron chi connectivity index (χ2n) is 9.35. The maximum absolute atomic E-state index is 12.1. The fraction of sp³-hybridized carbons (Fsp3) is 0.842. The van der Waals surface area contributed by atoms with Gasteiger partial charge in [0.05, 0.1) is 5.70 Å². The van der Waals surface area contributed by atoms with Crippen molar-refractivity contribution in [1.82, 2.24) is 4.90 Å². The number of likely N-dealkylation sites (tertiary alicyclic amines) is 1. The number of nitrogens with zero attached hydrogens (tertiary/aromatic N) is 1. The molecule has 3 heteroatoms. The first-order chi connectivity index (χ1) is 10.3. The van der Waals surface area contributed by atoms with Gasteiger partial charge in [-0.05, 0) is 55.8 Å². The van der Waals surface area contributed by atoms with Gasteiger partial charge >= 0.3 is 5.97 Å². The molecule has 4 rings (SSSR count). The van der Waals surface area contributed by atoms with E-state index >= 15 is 0 Å². The highest BCUT2D eigenvalue weighted by Crippen LogP contribution is 2.56. The normalized spacial score (nSPS) is 39.0. The van der Waals surface area contributed by atoms with E-state index in [1.54, 1.807) is 0 Å². The molecule has 0 aromatic carbocycles. The predicted octanol–water partition coefficient (Wildman–Crippen LogP) is 4.03. The molecule has 0 aromatic rings. The van der Waals surface area contributed by atoms with Gasteiger partial charge in [-0.3, -0.25) is 0 Å². The molecule has 2 heterocycles. The van der Waals surface area contributed by atoms with E-state index < -0.39 is 0 Å². The smallest absolute Gasteiger partial charge is 0.333 e. The van der Waals surface area contributed by atoms with Crippen molar-refractivity contribution in [1.29, 1.82) is 0 Å². The molecule has 0 N–H and O–H groups in total. The molecule has 2 atom stereocenters. The van der Waals surface area contributed by atoms with Crippen LogP contribution in [0.3, 0.4) is 0 Å². The fourth-order valence-electron chi connectivity index (χ4n) is 6.08. The minimum absolute atomic E-state index is 0.109. The summed E-state index contributed by atoms with van der Waals surface area (Å²) in [5.41, 5.74) is 1.75. The van der Waals surface area contributed by atoms with E-state index in [-0.39, 0.29) is 11.6 Å². The quantitative estimate of drug-likeness (QED) is 0.685. The Morgan fingerprint density at radius 1 is 1.14 bits per heavy atom. The van der Waals surface area contributed by atoms with Crippen LogP contribution in [0.25, 0.3) is 0 Å². The Labute approximate surface area is 134 Å². The maximum atomic E-state index is 12.1. The van der Waals surface area contributed by atoms with Gasteiger partial charge in [0.1, 0.15) is 0 Å². The molecule has 1 saturated heterocycles. The molecule has 2 aliphatic carbocycles. The topological polar surface area (TPSA) is 29.5 Å². The van der Waals surface area contributed by atoms with E-state index in [2.05, 4.69) is 25.7 Å². The summed E-state index contributed by atoms with van der Waals surface area (Å²) in [4.78, 5) is 14.6. The summed E-state index contributed by atoms with van der Waals surface area (Å²) in [5.74, 6) is -0.109. The number of hydrogen-bond acceptors (Lipinski definition) is 3. The number of hydrogen-bond donors (Lipinski definition) is 0. The van der Waals surface area contributed by atoms with Crippen molar-refractivity contribution in [3.05, 3.63) is 11.8 Å². The lowest BCUT2D eigenvalue weighted by atomic mass is 9.65. The zero-order chi connectivity index (χ0) is 15.6. The van der Waals surface area contributed by atoms with Crippen LogP contribution in [0.4, 0.5) is 0 Å². The summed E-state index contributed by atoms with van der Waals surface area (Å²) in [6.07, 6.45) is 11.3. The number of ether oxygens (including phenoxy) is 1. The van der Waals surface area contributed by atoms with Gasteiger partial charge in [-0.15, -0.1) is 0 Å². The standard InChI is InChI=1S/C19H29NO2/c1-17(2)10-14-11-18(3,12-17)13-20(14)15-9-16(21)22-19(15)7-5-4-6-8-19/h9,14H,4-8,10-13H2,1-3H3/t14-,18+/m0/s1. The zero-order valence-electron chi connectivity index (χ0n) is 14.3. The van der Waals surface area contributed by atoms with Gasteiger partial charge in [-0.25, -0.2) is 4.79 Å². The van der Waals surface area contributed by atoms with Gasteiger partial charge in [-0.2, -0.15) is 0 Å². The van der Waals surface area contributed by atoms with Gasteiger partial charge in [0.25, 0.3) is 0 Å². The Bertz CT molecular complexity index is 530. The Balaban J connectivity index is 1.66. The predicted molar refractivity (Wildman–Crippen MR) is 86.2 cm³/mol. The van der Waals surface area contributed by atoms with Crippen molar-refractivity contribution in [3.8, 4) is 0 Å². The number of carbonyl (C=O) groups excluding carboxylic acids is 1. The van der Waals surface area contributed by atoms with Crippen molar-refractivity contribution in [2.75, 3.05) is 6.54 Å². The van der Waals surface area contributed by atoms with Crippen LogP contribution in [0.5, 0.6) is 0 Å². The van der Waals surface area contributed by atoms with Crippen molar-refractivity contribution in [2.24, 2.45) is 10.8 Å². The van der Waals surface area contributed by atoms with Crippen LogP contribution in [0.1, 0.15) is 72.1 Å². The van der Waals surface area contributed by atoms with Gasteiger partial charge in [0.2, 0.25) is 0 Å². The van der Waals surface area contributed by atoms with Crippen LogP contribution in [-0.2, 0) is 9.53 Å². The first-order valence-electron chi connectivity index (χ1n) is 9.03. The molecule has 3 fully saturated rings. The van der Waals surface area contributed by atoms with Crippen molar-refractivity contribution < 1.29 is 9.53 Å². The third-order valence-corrected chi connectivity index (χ3v) is 6.40. The summed E-state index contributed by atoms with van der Waals surface area (Å²) in [7, 11) is 0. The number of fused-ring (bicyclic) bond motifs is 2. The molecule has 1 spiro atoms. The lowest BCUT2D eigenvalue weighted by molar-refractivity contribution is -0.149. The Morgan fingerprint density at radius 3 is 2.59 bits per heavy atom. The van der Waals surface area contributed by atoms with Gasteiger partial charge in [0.15, 0.2) is 5.60 Å². The molecule has 2 bridgehead atoms. The molecule has 122 valence electrons. The van der Waals surface area contributed by atoms with E-state index in [0.717, 1.165) is 19.4 Å². The molecular formula is C19H29NO2. The lowest BCUT2D eigenvalue weighted by Gasteiger charge is -2.42. The highest BCUT2D eigenvalue weighted by Gasteiger charge is 2.55. The summed E-state index contributed by atoms with van der Waals surface area (Å²) in [5, 5.41) is 0. The minimum Gasteiger partial charge on any atom is -0.449 e. The van der Waals surface area contributed by atoms with Gasteiger partial charge < -0.3 is 9.64 Å². The first-order valence-corrected chi connectivity index (χ1v) is 9.03. The van der Waals surface area contributed by atoms with Crippen LogP contribution in [0.15, 0.2) is 11.8 Å². The number of esters is 1. The summed E-state index contributed by atoms with van der Waals surface area (Å²) < 4.78 is 5.88. The zero-order valence-corrected chi connectivity index (χ0v) is 14.3. The van der Waals surface area contributed by atoms with Gasteiger partial charge in [0, 0.05) is 18.7 Å². The molecule has 0 aromatic heterocycles. The average Bonchev–Trinajstić information content (AvgIpc) is 2.83. The molecule has 0 unspecified atom stereocenters. The number of rotatable bonds is 1. The molecule has 22 heavy (non-hydrogen) atoms. The SMILES string of the molecule is CC1(C)C[C@H]2C[C@@](C)(CN2C2=CC(=O)OC23CCCCC3)C1. The minimum atomic E-state index is -0.284. The van der Waals surface area contributed by atoms with Crippen LogP contribution in [-0.4, -0.2) is 29.1 Å². The van der Waals surface area contributed by atoms with Crippen LogP contribution in [0, 0.1) is 10.8 Å². The van der Waals surface area contributed by atoms with E-state index in [0.29, 0.717) is 16.9 Å². The molecule has 4 aliphatic rings. The Morgan fingerprint density at radius 2 is 1.86 bits per heavy atom. The Hall–Kier alpha value is -0.990. The summed E-state index contributed by atoms with van der Waals surface area (Å²) >= 11 is 0. The molecule has 0 amide bonds. The average molecular weight is 303 g/mol. The third kappa shape index (κ3) is 2.19. The summed E-state index contributed by atoms with van der Waals surface area (Å²) in [6, 6.07) is 0.591. The molecule has 0 radical (unpaired) electrons. The van der Waals surface area contributed by atoms with Crippen LogP contribution in [0.2, 0.25) is 0 Å². The molecular weight excluding hydrogens is 274 g/mol. The van der Waals surface area contributed by atoms with Crippen LogP contribution >= 0.6 is 0 Å². The van der Waals surface area contributed by atoms with E-state index in [9.17, 15) is 4.79 Å². The monoisotopic (exact) mass is 303 g/mol. The van der Waals surface area contributed by atoms with Gasteiger partial charge in [-0.1, -0.05) is 27.2 Å². The maximum Gasteiger partial charge on any atom is 0.333 e. The molecule has 3 nitrogen and oxygen atoms in total. The third-order valence-electron chi connectivity index (χ3n) is 6.40. The Kier molecular flexibility index (Phi) is 3.00. The number of carbonyl (C=O) groups is 1. The van der Waals surface area contributed by atoms with Crippen LogP contribution < -0.4 is 0 Å². The second-order valence-corrected chi connectivity index (χ2v) is 9.35. The van der Waals surface area contributed by atoms with E-state index in [4.69, 9.17) is 4.74 Å². The molecule has 2 aliphatic heterocycles. The van der Waals surface area contributed by atoms with Crippen molar-refractivity contribution in [2.45, 2.75) is 83.8 Å². The second kappa shape index (κ2) is 4.52. The molecule has 2 saturated carbocycles. The van der Waals surface area contributed by atoms with Crippen molar-refractivity contribution >= 4 is 5.97 Å². The van der Waals surface area contributed by atoms with Crippen molar-refractivity contribution in [3.63, 3.8) is 0 Å².